The van der Waals surface area contributed by atoms with E-state index in [0.717, 1.165) is 11.3 Å². The zero-order valence-electron chi connectivity index (χ0n) is 11.5. The number of benzene rings is 1. The Morgan fingerprint density at radius 2 is 2.00 bits per heavy atom. The fourth-order valence-electron chi connectivity index (χ4n) is 1.67. The molecule has 0 aliphatic heterocycles. The summed E-state index contributed by atoms with van der Waals surface area (Å²) in [4.78, 5) is 12.0. The van der Waals surface area contributed by atoms with Gasteiger partial charge in [-0.25, -0.2) is 0 Å². The molecule has 7 nitrogen and oxygen atoms in total. The predicted molar refractivity (Wildman–Crippen MR) is 75.7 cm³/mol. The van der Waals surface area contributed by atoms with E-state index in [1.54, 1.807) is 7.11 Å². The number of nitrogens with one attached hydrogen (secondary N) is 1. The average Bonchev–Trinajstić information content (AvgIpc) is 2.45. The summed E-state index contributed by atoms with van der Waals surface area (Å²) >= 11 is 0. The van der Waals surface area contributed by atoms with Gasteiger partial charge in [0.15, 0.2) is 0 Å². The fourth-order valence-corrected chi connectivity index (χ4v) is 1.67. The summed E-state index contributed by atoms with van der Waals surface area (Å²) in [5.74, 6) is 1.28. The van der Waals surface area contributed by atoms with E-state index in [0.29, 0.717) is 19.1 Å². The van der Waals surface area contributed by atoms with Gasteiger partial charge in [-0.3, -0.25) is 0 Å². The van der Waals surface area contributed by atoms with E-state index in [-0.39, 0.29) is 12.0 Å². The van der Waals surface area contributed by atoms with Gasteiger partial charge in [-0.05, 0) is 13.0 Å². The molecule has 0 aliphatic carbocycles. The van der Waals surface area contributed by atoms with Gasteiger partial charge >= 0.3 is 6.01 Å². The lowest BCUT2D eigenvalue weighted by Crippen LogP contribution is -2.09. The summed E-state index contributed by atoms with van der Waals surface area (Å²) < 4.78 is 10.5. The molecule has 0 amide bonds. The zero-order valence-corrected chi connectivity index (χ0v) is 11.5. The Bertz CT molecular complexity index is 576. The summed E-state index contributed by atoms with van der Waals surface area (Å²) in [7, 11) is 1.63. The number of nitrogens with zero attached hydrogens (tertiary/aromatic N) is 3. The zero-order chi connectivity index (χ0) is 14.4. The monoisotopic (exact) mass is 275 g/mol. The standard InChI is InChI=1S/C13H17N5O2/c1-3-20-13-17-11(14)16-12(18-13)15-8-9-6-4-5-7-10(9)19-2/h4-7H,3,8H2,1-2H3,(H3,14,15,16,17,18). The van der Waals surface area contributed by atoms with Gasteiger partial charge in [-0.1, -0.05) is 18.2 Å². The maximum absolute atomic E-state index is 5.61. The second-order valence-corrected chi connectivity index (χ2v) is 3.90. The molecular weight excluding hydrogens is 258 g/mol. The van der Waals surface area contributed by atoms with Crippen LogP contribution in [-0.2, 0) is 6.54 Å². The highest BCUT2D eigenvalue weighted by Crippen LogP contribution is 2.18. The normalized spacial score (nSPS) is 10.1. The van der Waals surface area contributed by atoms with Crippen LogP contribution < -0.4 is 20.5 Å². The van der Waals surface area contributed by atoms with Gasteiger partial charge in [0.1, 0.15) is 5.75 Å². The van der Waals surface area contributed by atoms with Crippen molar-refractivity contribution in [1.82, 2.24) is 15.0 Å². The third kappa shape index (κ3) is 3.47. The van der Waals surface area contributed by atoms with E-state index in [4.69, 9.17) is 15.2 Å². The topological polar surface area (TPSA) is 95.2 Å². The Balaban J connectivity index is 2.10. The number of hydrogen-bond donors (Lipinski definition) is 2. The number of anilines is 2. The molecule has 0 radical (unpaired) electrons. The van der Waals surface area contributed by atoms with Crippen LogP contribution >= 0.6 is 0 Å². The second-order valence-electron chi connectivity index (χ2n) is 3.90. The highest BCUT2D eigenvalue weighted by molar-refractivity contribution is 5.38. The molecule has 0 bridgehead atoms. The number of methoxy groups -OCH3 is 1. The van der Waals surface area contributed by atoms with Gasteiger partial charge in [-0.15, -0.1) is 0 Å². The van der Waals surface area contributed by atoms with E-state index in [1.807, 2.05) is 31.2 Å². The van der Waals surface area contributed by atoms with Crippen molar-refractivity contribution < 1.29 is 9.47 Å². The Kier molecular flexibility index (Phi) is 4.54. The number of para-hydroxylation sites is 1. The quantitative estimate of drug-likeness (QED) is 0.824. The smallest absolute Gasteiger partial charge is 0.323 e. The van der Waals surface area contributed by atoms with Gasteiger partial charge in [0.25, 0.3) is 0 Å². The Morgan fingerprint density at radius 1 is 1.20 bits per heavy atom. The molecular formula is C13H17N5O2. The van der Waals surface area contributed by atoms with Crippen LogP contribution in [0.25, 0.3) is 0 Å². The summed E-state index contributed by atoms with van der Waals surface area (Å²) in [6.45, 7) is 2.83. The maximum atomic E-state index is 5.61. The molecule has 1 aromatic carbocycles. The number of nitrogens with two attached hydrogens (primary N) is 1. The summed E-state index contributed by atoms with van der Waals surface area (Å²) in [6, 6.07) is 7.91. The molecule has 0 saturated heterocycles. The molecule has 0 unspecified atom stereocenters. The van der Waals surface area contributed by atoms with E-state index >= 15 is 0 Å². The molecule has 1 aromatic heterocycles. The predicted octanol–water partition coefficient (Wildman–Crippen LogP) is 1.47. The molecule has 0 spiro atoms. The summed E-state index contributed by atoms with van der Waals surface area (Å²) in [5, 5.41) is 3.07. The van der Waals surface area contributed by atoms with Crippen LogP contribution in [0.5, 0.6) is 11.8 Å². The molecule has 0 atom stereocenters. The molecule has 106 valence electrons. The van der Waals surface area contributed by atoms with Crippen molar-refractivity contribution in [2.75, 3.05) is 24.8 Å². The first-order chi connectivity index (χ1) is 9.72. The van der Waals surface area contributed by atoms with Gasteiger partial charge in [-0.2, -0.15) is 15.0 Å². The minimum absolute atomic E-state index is 0.117. The van der Waals surface area contributed by atoms with E-state index in [2.05, 4.69) is 20.3 Å². The molecule has 0 fully saturated rings. The lowest BCUT2D eigenvalue weighted by atomic mass is 10.2. The van der Waals surface area contributed by atoms with Crippen LogP contribution in [0, 0.1) is 0 Å². The van der Waals surface area contributed by atoms with Crippen molar-refractivity contribution in [2.45, 2.75) is 13.5 Å². The maximum Gasteiger partial charge on any atom is 0.323 e. The van der Waals surface area contributed by atoms with Crippen molar-refractivity contribution >= 4 is 11.9 Å². The highest BCUT2D eigenvalue weighted by Gasteiger charge is 2.06. The number of hydrogen-bond acceptors (Lipinski definition) is 7. The molecule has 0 aliphatic rings. The molecule has 7 heteroatoms. The van der Waals surface area contributed by atoms with Gasteiger partial charge < -0.3 is 20.5 Å². The highest BCUT2D eigenvalue weighted by atomic mass is 16.5. The molecule has 0 saturated carbocycles. The van der Waals surface area contributed by atoms with Crippen molar-refractivity contribution in [3.63, 3.8) is 0 Å². The third-order valence-corrected chi connectivity index (χ3v) is 2.54. The van der Waals surface area contributed by atoms with Crippen LogP contribution in [0.15, 0.2) is 24.3 Å². The minimum atomic E-state index is 0.117. The number of rotatable bonds is 6. The molecule has 1 heterocycles. The SMILES string of the molecule is CCOc1nc(N)nc(NCc2ccccc2OC)n1. The largest absolute Gasteiger partial charge is 0.496 e. The van der Waals surface area contributed by atoms with Gasteiger partial charge in [0.05, 0.1) is 13.7 Å². The van der Waals surface area contributed by atoms with Gasteiger partial charge in [0.2, 0.25) is 11.9 Å². The number of aromatic nitrogens is 3. The first-order valence-corrected chi connectivity index (χ1v) is 6.23. The van der Waals surface area contributed by atoms with Crippen molar-refractivity contribution in [3.05, 3.63) is 29.8 Å². The number of nitrogen functional groups attached to an aromatic ring is 1. The summed E-state index contributed by atoms with van der Waals surface area (Å²) in [5.41, 5.74) is 6.60. The van der Waals surface area contributed by atoms with Crippen LogP contribution in [0.3, 0.4) is 0 Å². The summed E-state index contributed by atoms with van der Waals surface area (Å²) in [6.07, 6.45) is 0. The average molecular weight is 275 g/mol. The lowest BCUT2D eigenvalue weighted by molar-refractivity contribution is 0.312. The third-order valence-electron chi connectivity index (χ3n) is 2.54. The van der Waals surface area contributed by atoms with E-state index in [1.165, 1.54) is 0 Å². The molecule has 2 aromatic rings. The van der Waals surface area contributed by atoms with Crippen LogP contribution in [0.2, 0.25) is 0 Å². The number of ether oxygens (including phenoxy) is 2. The van der Waals surface area contributed by atoms with Crippen LogP contribution in [-0.4, -0.2) is 28.7 Å². The van der Waals surface area contributed by atoms with Crippen molar-refractivity contribution in [1.29, 1.82) is 0 Å². The molecule has 3 N–H and O–H groups in total. The van der Waals surface area contributed by atoms with Crippen molar-refractivity contribution in [2.24, 2.45) is 0 Å². The molecule has 2 rings (SSSR count). The van der Waals surface area contributed by atoms with E-state index in [9.17, 15) is 0 Å². The first kappa shape index (κ1) is 13.9. The lowest BCUT2D eigenvalue weighted by Gasteiger charge is -2.10. The Labute approximate surface area is 117 Å². The molecule has 20 heavy (non-hydrogen) atoms. The van der Waals surface area contributed by atoms with Crippen LogP contribution in [0.1, 0.15) is 12.5 Å². The van der Waals surface area contributed by atoms with Crippen molar-refractivity contribution in [3.8, 4) is 11.8 Å². The van der Waals surface area contributed by atoms with Gasteiger partial charge in [0, 0.05) is 12.1 Å². The Morgan fingerprint density at radius 3 is 2.75 bits per heavy atom. The minimum Gasteiger partial charge on any atom is -0.496 e. The van der Waals surface area contributed by atoms with E-state index < -0.39 is 0 Å². The second kappa shape index (κ2) is 6.55. The Hall–Kier alpha value is -2.57. The first-order valence-electron chi connectivity index (χ1n) is 6.23. The van der Waals surface area contributed by atoms with Crippen LogP contribution in [0.4, 0.5) is 11.9 Å². The fraction of sp³-hybridized carbons (Fsp3) is 0.308.